The Morgan fingerprint density at radius 1 is 1.20 bits per heavy atom. The van der Waals surface area contributed by atoms with Gasteiger partial charge in [0, 0.05) is 22.7 Å². The lowest BCUT2D eigenvalue weighted by molar-refractivity contribution is -0.155. The van der Waals surface area contributed by atoms with Gasteiger partial charge in [0.1, 0.15) is 0 Å². The highest BCUT2D eigenvalue weighted by atomic mass is 16.4. The molecule has 2 N–H and O–H groups in total. The van der Waals surface area contributed by atoms with Gasteiger partial charge in [0.05, 0.1) is 0 Å². The summed E-state index contributed by atoms with van der Waals surface area (Å²) in [5.41, 5.74) is 7.72. The van der Waals surface area contributed by atoms with Crippen molar-refractivity contribution in [3.05, 3.63) is 75.7 Å². The number of nitrogens with zero attached hydrogens (tertiary/aromatic N) is 4. The first-order valence-electron chi connectivity index (χ1n) is 7.74. The fourth-order valence-electron chi connectivity index (χ4n) is 2.67. The minimum atomic E-state index is -2.31. The number of benzene rings is 2. The second-order valence-corrected chi connectivity index (χ2v) is 5.94. The summed E-state index contributed by atoms with van der Waals surface area (Å²) in [5.74, 6) is -1.43. The summed E-state index contributed by atoms with van der Waals surface area (Å²) in [6.45, 7) is 0.689. The average Bonchev–Trinajstić information content (AvgIpc) is 2.60. The predicted molar refractivity (Wildman–Crippen MR) is 94.6 cm³/mol. The molecule has 7 heteroatoms. The number of likely N-dealkylation sites (N-methyl/N-ethyl adjacent to an activating group) is 1. The smallest absolute Gasteiger partial charge is 0.345 e. The van der Waals surface area contributed by atoms with Gasteiger partial charge >= 0.3 is 5.97 Å². The van der Waals surface area contributed by atoms with Crippen molar-refractivity contribution < 1.29 is 15.0 Å². The fraction of sp³-hybridized carbons (Fsp3) is 0.278. The van der Waals surface area contributed by atoms with Crippen LogP contribution in [-0.4, -0.2) is 41.7 Å². The molecule has 0 aliphatic heterocycles. The number of carboxylic acids is 1. The molecule has 0 bridgehead atoms. The van der Waals surface area contributed by atoms with E-state index in [9.17, 15) is 15.0 Å². The highest BCUT2D eigenvalue weighted by Crippen LogP contribution is 2.38. The first-order chi connectivity index (χ1) is 11.9. The van der Waals surface area contributed by atoms with E-state index >= 15 is 0 Å². The van der Waals surface area contributed by atoms with E-state index in [0.29, 0.717) is 18.5 Å². The summed E-state index contributed by atoms with van der Waals surface area (Å²) in [7, 11) is 3.82. The molecule has 1 unspecified atom stereocenters. The molecule has 0 spiro atoms. The molecular weight excluding hydrogens is 320 g/mol. The van der Waals surface area contributed by atoms with Crippen LogP contribution >= 0.6 is 0 Å². The molecule has 0 heterocycles. The Kier molecular flexibility index (Phi) is 5.77. The Morgan fingerprint density at radius 3 is 2.44 bits per heavy atom. The number of carbonyl (C=O) groups is 1. The Bertz CT molecular complexity index is 801. The van der Waals surface area contributed by atoms with E-state index in [4.69, 9.17) is 5.53 Å². The van der Waals surface area contributed by atoms with Gasteiger partial charge in [-0.1, -0.05) is 53.6 Å². The van der Waals surface area contributed by atoms with Gasteiger partial charge in [-0.05, 0) is 37.2 Å². The van der Waals surface area contributed by atoms with Crippen LogP contribution < -0.4 is 0 Å². The third-order valence-electron chi connectivity index (χ3n) is 3.98. The van der Waals surface area contributed by atoms with Gasteiger partial charge in [0.25, 0.3) is 0 Å². The number of aliphatic hydroxyl groups is 1. The number of hydrogen-bond donors (Lipinski definition) is 2. The SMILES string of the molecule is CN(C)CCc1cccc(C(O)(C(=O)O)c2ccccc2)c1N=[N+]=[N-]. The first kappa shape index (κ1) is 18.5. The molecule has 0 saturated heterocycles. The fourth-order valence-corrected chi connectivity index (χ4v) is 2.67. The zero-order chi connectivity index (χ0) is 18.4. The predicted octanol–water partition coefficient (Wildman–Crippen LogP) is 3.05. The van der Waals surface area contributed by atoms with Crippen LogP contribution in [0.2, 0.25) is 0 Å². The standard InChI is InChI=1S/C18H20N4O3/c1-22(2)12-11-13-7-6-10-15(16(13)20-21-19)18(25,17(23)24)14-8-4-3-5-9-14/h3-10,25H,11-12H2,1-2H3,(H,23,24). The van der Waals surface area contributed by atoms with Crippen LogP contribution in [0.3, 0.4) is 0 Å². The molecule has 0 aromatic heterocycles. The van der Waals surface area contributed by atoms with Crippen LogP contribution in [0, 0.1) is 0 Å². The van der Waals surface area contributed by atoms with E-state index in [2.05, 4.69) is 10.0 Å². The minimum Gasteiger partial charge on any atom is -0.479 e. The summed E-state index contributed by atoms with van der Waals surface area (Å²) >= 11 is 0. The molecule has 130 valence electrons. The monoisotopic (exact) mass is 340 g/mol. The van der Waals surface area contributed by atoms with Gasteiger partial charge in [0.15, 0.2) is 0 Å². The highest BCUT2D eigenvalue weighted by Gasteiger charge is 2.42. The topological polar surface area (TPSA) is 110 Å². The molecule has 0 amide bonds. The molecule has 7 nitrogen and oxygen atoms in total. The number of azide groups is 1. The van der Waals surface area contributed by atoms with Gasteiger partial charge in [-0.15, -0.1) is 0 Å². The number of rotatable bonds is 7. The van der Waals surface area contributed by atoms with Crippen LogP contribution in [-0.2, 0) is 16.8 Å². The Hall–Kier alpha value is -2.86. The van der Waals surface area contributed by atoms with E-state index in [0.717, 1.165) is 0 Å². The average molecular weight is 340 g/mol. The van der Waals surface area contributed by atoms with Gasteiger partial charge in [0.2, 0.25) is 5.60 Å². The van der Waals surface area contributed by atoms with Crippen LogP contribution in [0.1, 0.15) is 16.7 Å². The van der Waals surface area contributed by atoms with Gasteiger partial charge in [-0.25, -0.2) is 4.79 Å². The van der Waals surface area contributed by atoms with Crippen molar-refractivity contribution >= 4 is 11.7 Å². The Labute approximate surface area is 145 Å². The minimum absolute atomic E-state index is 0.0558. The van der Waals surface area contributed by atoms with Crippen molar-refractivity contribution in [3.63, 3.8) is 0 Å². The molecule has 2 aromatic rings. The zero-order valence-electron chi connectivity index (χ0n) is 14.1. The lowest BCUT2D eigenvalue weighted by atomic mass is 9.84. The lowest BCUT2D eigenvalue weighted by Gasteiger charge is -2.27. The normalized spacial score (nSPS) is 13.1. The maximum atomic E-state index is 12.0. The lowest BCUT2D eigenvalue weighted by Crippen LogP contribution is -2.37. The molecule has 0 saturated carbocycles. The van der Waals surface area contributed by atoms with Gasteiger partial charge in [-0.3, -0.25) is 0 Å². The van der Waals surface area contributed by atoms with Crippen LogP contribution in [0.15, 0.2) is 53.6 Å². The van der Waals surface area contributed by atoms with Crippen molar-refractivity contribution in [1.82, 2.24) is 4.90 Å². The maximum Gasteiger partial charge on any atom is 0.345 e. The van der Waals surface area contributed by atoms with Crippen molar-refractivity contribution in [2.45, 2.75) is 12.0 Å². The molecule has 0 radical (unpaired) electrons. The second-order valence-electron chi connectivity index (χ2n) is 5.94. The quantitative estimate of drug-likeness (QED) is 0.458. The van der Waals surface area contributed by atoms with E-state index in [1.807, 2.05) is 19.0 Å². The molecule has 0 aliphatic carbocycles. The Balaban J connectivity index is 2.68. The largest absolute Gasteiger partial charge is 0.479 e. The van der Waals surface area contributed by atoms with Crippen LogP contribution in [0.25, 0.3) is 10.4 Å². The van der Waals surface area contributed by atoms with E-state index < -0.39 is 11.6 Å². The molecular formula is C18H20N4O3. The first-order valence-corrected chi connectivity index (χ1v) is 7.74. The summed E-state index contributed by atoms with van der Waals surface area (Å²) in [4.78, 5) is 16.8. The van der Waals surface area contributed by atoms with E-state index in [1.54, 1.807) is 30.3 Å². The maximum absolute atomic E-state index is 12.0. The molecule has 0 aliphatic rings. The molecule has 25 heavy (non-hydrogen) atoms. The van der Waals surface area contributed by atoms with Crippen molar-refractivity contribution in [1.29, 1.82) is 0 Å². The number of carboxylic acid groups (broad SMARTS) is 1. The number of aliphatic carboxylic acids is 1. The molecule has 2 aromatic carbocycles. The highest BCUT2D eigenvalue weighted by molar-refractivity contribution is 5.86. The van der Waals surface area contributed by atoms with Crippen LogP contribution in [0.5, 0.6) is 0 Å². The van der Waals surface area contributed by atoms with E-state index in [1.165, 1.54) is 18.2 Å². The molecule has 1 atom stereocenters. The van der Waals surface area contributed by atoms with Gasteiger partial charge in [-0.2, -0.15) is 0 Å². The van der Waals surface area contributed by atoms with Gasteiger partial charge < -0.3 is 15.1 Å². The summed E-state index contributed by atoms with van der Waals surface area (Å²) in [6, 6.07) is 13.0. The summed E-state index contributed by atoms with van der Waals surface area (Å²) in [5, 5.41) is 24.5. The van der Waals surface area contributed by atoms with E-state index in [-0.39, 0.29) is 16.8 Å². The third-order valence-corrected chi connectivity index (χ3v) is 3.98. The van der Waals surface area contributed by atoms with Crippen molar-refractivity contribution in [3.8, 4) is 0 Å². The second kappa shape index (κ2) is 7.81. The molecule has 2 rings (SSSR count). The Morgan fingerprint density at radius 2 is 1.88 bits per heavy atom. The van der Waals surface area contributed by atoms with Crippen LogP contribution in [0.4, 0.5) is 5.69 Å². The molecule has 0 fully saturated rings. The number of hydrogen-bond acceptors (Lipinski definition) is 4. The zero-order valence-corrected chi connectivity index (χ0v) is 14.1. The van der Waals surface area contributed by atoms with Crippen molar-refractivity contribution in [2.24, 2.45) is 5.11 Å². The van der Waals surface area contributed by atoms with Crippen molar-refractivity contribution in [2.75, 3.05) is 20.6 Å². The third kappa shape index (κ3) is 3.80. The summed E-state index contributed by atoms with van der Waals surface area (Å²) in [6.07, 6.45) is 0.555. The summed E-state index contributed by atoms with van der Waals surface area (Å²) < 4.78 is 0.